The van der Waals surface area contributed by atoms with E-state index in [1.807, 2.05) is 12.1 Å². The molecular weight excluding hydrogens is 366 g/mol. The Hall–Kier alpha value is -2.71. The molecule has 0 radical (unpaired) electrons. The molecule has 2 aliphatic rings. The molecule has 1 saturated heterocycles. The number of hydrogen-bond acceptors (Lipinski definition) is 4. The number of allylic oxidation sites excluding steroid dienone is 1. The summed E-state index contributed by atoms with van der Waals surface area (Å²) >= 11 is 1.59. The zero-order valence-electron chi connectivity index (χ0n) is 16.2. The van der Waals surface area contributed by atoms with Gasteiger partial charge < -0.3 is 4.90 Å². The van der Waals surface area contributed by atoms with Gasteiger partial charge in [-0.1, -0.05) is 61.2 Å². The lowest BCUT2D eigenvalue weighted by Gasteiger charge is -2.42. The van der Waals surface area contributed by atoms with Crippen molar-refractivity contribution in [2.24, 2.45) is 0 Å². The number of nitrogens with zero attached hydrogens (tertiary/aromatic N) is 3. The second-order valence-corrected chi connectivity index (χ2v) is 8.18. The first-order valence-corrected chi connectivity index (χ1v) is 10.6. The molecule has 2 aromatic carbocycles. The van der Waals surface area contributed by atoms with E-state index in [9.17, 15) is 10.1 Å². The van der Waals surface area contributed by atoms with Crippen LogP contribution in [0.4, 0.5) is 5.69 Å². The number of benzene rings is 2. The first kappa shape index (κ1) is 18.6. The van der Waals surface area contributed by atoms with Crippen molar-refractivity contribution in [2.75, 3.05) is 17.4 Å². The SMILES string of the molecule is CCc1ccc(C2CC(=O)N3CN(c4ccccc4C)CSC3=C2C#N)cc1. The largest absolute Gasteiger partial charge is 0.343 e. The van der Waals surface area contributed by atoms with Crippen LogP contribution >= 0.6 is 11.8 Å². The standard InChI is InChI=1S/C23H23N3OS/c1-3-17-8-10-18(11-9-17)19-12-22(27)26-14-25(15-28-23(26)20(19)13-24)21-7-5-4-6-16(21)2/h4-11,19H,3,12,14-15H2,1-2H3. The van der Waals surface area contributed by atoms with Gasteiger partial charge in [0.05, 0.1) is 29.2 Å². The fourth-order valence-corrected chi connectivity index (χ4v) is 5.06. The molecule has 4 nitrogen and oxygen atoms in total. The molecule has 1 fully saturated rings. The molecule has 2 heterocycles. The number of nitriles is 1. The van der Waals surface area contributed by atoms with Gasteiger partial charge in [0.25, 0.3) is 0 Å². The van der Waals surface area contributed by atoms with Crippen LogP contribution in [0.25, 0.3) is 0 Å². The first-order chi connectivity index (χ1) is 13.6. The van der Waals surface area contributed by atoms with Gasteiger partial charge in [0.15, 0.2) is 0 Å². The number of para-hydroxylation sites is 1. The Balaban J connectivity index is 1.66. The quantitative estimate of drug-likeness (QED) is 0.758. The lowest BCUT2D eigenvalue weighted by Crippen LogP contribution is -2.47. The van der Waals surface area contributed by atoms with E-state index in [2.05, 4.69) is 61.2 Å². The summed E-state index contributed by atoms with van der Waals surface area (Å²) in [4.78, 5) is 17.0. The highest BCUT2D eigenvalue weighted by atomic mass is 32.2. The van der Waals surface area contributed by atoms with E-state index >= 15 is 0 Å². The van der Waals surface area contributed by atoms with Crippen molar-refractivity contribution < 1.29 is 4.79 Å². The zero-order chi connectivity index (χ0) is 19.7. The molecule has 28 heavy (non-hydrogen) atoms. The van der Waals surface area contributed by atoms with Gasteiger partial charge in [0.2, 0.25) is 5.91 Å². The number of amides is 1. The molecule has 0 saturated carbocycles. The van der Waals surface area contributed by atoms with Gasteiger partial charge in [0.1, 0.15) is 0 Å². The fraction of sp³-hybridized carbons (Fsp3) is 0.304. The highest BCUT2D eigenvalue weighted by Gasteiger charge is 2.38. The van der Waals surface area contributed by atoms with Crippen molar-refractivity contribution in [2.45, 2.75) is 32.6 Å². The molecule has 0 aromatic heterocycles. The predicted octanol–water partition coefficient (Wildman–Crippen LogP) is 4.78. The summed E-state index contributed by atoms with van der Waals surface area (Å²) in [6.07, 6.45) is 1.33. The van der Waals surface area contributed by atoms with Crippen LogP contribution in [-0.2, 0) is 11.2 Å². The Morgan fingerprint density at radius 1 is 1.18 bits per heavy atom. The summed E-state index contributed by atoms with van der Waals surface area (Å²) in [7, 11) is 0. The Morgan fingerprint density at radius 2 is 1.93 bits per heavy atom. The van der Waals surface area contributed by atoms with Crippen LogP contribution in [-0.4, -0.2) is 23.4 Å². The van der Waals surface area contributed by atoms with E-state index in [0.717, 1.165) is 34.2 Å². The molecule has 1 atom stereocenters. The number of aryl methyl sites for hydroxylation is 2. The van der Waals surface area contributed by atoms with Gasteiger partial charge in [-0.05, 0) is 36.1 Å². The van der Waals surface area contributed by atoms with Crippen LogP contribution in [0.5, 0.6) is 0 Å². The van der Waals surface area contributed by atoms with E-state index in [1.165, 1.54) is 11.1 Å². The zero-order valence-corrected chi connectivity index (χ0v) is 17.0. The highest BCUT2D eigenvalue weighted by Crippen LogP contribution is 2.43. The molecule has 4 rings (SSSR count). The Bertz CT molecular complexity index is 974. The number of hydrogen-bond donors (Lipinski definition) is 0. The van der Waals surface area contributed by atoms with Gasteiger partial charge in [-0.25, -0.2) is 0 Å². The fourth-order valence-electron chi connectivity index (χ4n) is 3.90. The molecule has 2 aliphatic heterocycles. The van der Waals surface area contributed by atoms with Crippen molar-refractivity contribution in [1.29, 1.82) is 5.26 Å². The van der Waals surface area contributed by atoms with Crippen LogP contribution in [0.2, 0.25) is 0 Å². The second-order valence-electron chi connectivity index (χ2n) is 7.25. The molecule has 0 aliphatic carbocycles. The van der Waals surface area contributed by atoms with Gasteiger partial charge in [-0.2, -0.15) is 5.26 Å². The van der Waals surface area contributed by atoms with Crippen LogP contribution < -0.4 is 4.90 Å². The molecule has 5 heteroatoms. The average molecular weight is 390 g/mol. The third kappa shape index (κ3) is 3.29. The molecule has 1 unspecified atom stereocenters. The first-order valence-electron chi connectivity index (χ1n) is 9.59. The van der Waals surface area contributed by atoms with Crippen molar-refractivity contribution in [3.8, 4) is 6.07 Å². The van der Waals surface area contributed by atoms with Crippen LogP contribution in [0, 0.1) is 18.3 Å². The van der Waals surface area contributed by atoms with Gasteiger partial charge in [-0.3, -0.25) is 9.69 Å². The van der Waals surface area contributed by atoms with Crippen LogP contribution in [0.3, 0.4) is 0 Å². The summed E-state index contributed by atoms with van der Waals surface area (Å²) in [6, 6.07) is 19.0. The smallest absolute Gasteiger partial charge is 0.229 e. The number of carbonyl (C=O) groups is 1. The topological polar surface area (TPSA) is 47.3 Å². The van der Waals surface area contributed by atoms with Gasteiger partial charge in [0, 0.05) is 18.0 Å². The van der Waals surface area contributed by atoms with Crippen molar-refractivity contribution in [1.82, 2.24) is 4.90 Å². The molecule has 1 amide bonds. The maximum absolute atomic E-state index is 13.0. The highest BCUT2D eigenvalue weighted by molar-refractivity contribution is 8.03. The summed E-state index contributed by atoms with van der Waals surface area (Å²) < 4.78 is 0. The summed E-state index contributed by atoms with van der Waals surface area (Å²) in [6.45, 7) is 4.71. The monoisotopic (exact) mass is 389 g/mol. The minimum absolute atomic E-state index is 0.0874. The minimum Gasteiger partial charge on any atom is -0.343 e. The Kier molecular flexibility index (Phi) is 5.15. The number of thioether (sulfide) groups is 1. The number of fused-ring (bicyclic) bond motifs is 1. The molecule has 0 bridgehead atoms. The molecule has 142 valence electrons. The van der Waals surface area contributed by atoms with Gasteiger partial charge in [-0.15, -0.1) is 0 Å². The summed E-state index contributed by atoms with van der Waals surface area (Å²) in [5.41, 5.74) is 5.36. The minimum atomic E-state index is -0.146. The average Bonchev–Trinajstić information content (AvgIpc) is 2.74. The van der Waals surface area contributed by atoms with Crippen molar-refractivity contribution in [3.63, 3.8) is 0 Å². The molecular formula is C23H23N3OS. The maximum Gasteiger partial charge on any atom is 0.229 e. The van der Waals surface area contributed by atoms with E-state index in [4.69, 9.17) is 0 Å². The number of anilines is 1. The third-order valence-electron chi connectivity index (χ3n) is 5.54. The maximum atomic E-state index is 13.0. The van der Waals surface area contributed by atoms with Crippen molar-refractivity contribution >= 4 is 23.4 Å². The lowest BCUT2D eigenvalue weighted by atomic mass is 9.86. The second kappa shape index (κ2) is 7.73. The molecule has 0 spiro atoms. The lowest BCUT2D eigenvalue weighted by molar-refractivity contribution is -0.129. The Labute approximate surface area is 170 Å². The number of rotatable bonds is 3. The van der Waals surface area contributed by atoms with Crippen LogP contribution in [0.1, 0.15) is 36.0 Å². The van der Waals surface area contributed by atoms with Gasteiger partial charge >= 0.3 is 0 Å². The summed E-state index contributed by atoms with van der Waals surface area (Å²) in [5, 5.41) is 10.7. The normalized spacial score (nSPS) is 19.5. The molecule has 0 N–H and O–H groups in total. The van der Waals surface area contributed by atoms with Crippen molar-refractivity contribution in [3.05, 3.63) is 75.8 Å². The van der Waals surface area contributed by atoms with Crippen LogP contribution in [0.15, 0.2) is 59.1 Å². The van der Waals surface area contributed by atoms with E-state index < -0.39 is 0 Å². The predicted molar refractivity (Wildman–Crippen MR) is 114 cm³/mol. The summed E-state index contributed by atoms with van der Waals surface area (Å²) in [5.74, 6) is 0.674. The molecule has 2 aromatic rings. The van der Waals surface area contributed by atoms with E-state index in [1.54, 1.807) is 16.7 Å². The third-order valence-corrected chi connectivity index (χ3v) is 6.69. The van der Waals surface area contributed by atoms with E-state index in [-0.39, 0.29) is 11.8 Å². The Morgan fingerprint density at radius 3 is 2.61 bits per heavy atom. The number of carbonyl (C=O) groups excluding carboxylic acids is 1. The van der Waals surface area contributed by atoms with E-state index in [0.29, 0.717) is 13.1 Å².